The van der Waals surface area contributed by atoms with Crippen LogP contribution in [0.25, 0.3) is 0 Å². The molecule has 1 N–H and O–H groups in total. The first kappa shape index (κ1) is 23.5. The molecular formula is C16H34O6Si2. The molecule has 24 heavy (non-hydrogen) atoms. The summed E-state index contributed by atoms with van der Waals surface area (Å²) < 4.78 is 21.7. The standard InChI is InChI=1S/C16H34O6Si2/c1-14(2)16(17)21-11-10-19-8-9-20-12-15(3)13-24(7,18)22-23(4,5)6/h15,18H,1,8-13H2,2-7H3. The molecule has 0 amide bonds. The molecule has 6 nitrogen and oxygen atoms in total. The molecule has 0 bridgehead atoms. The van der Waals surface area contributed by atoms with Crippen LogP contribution in [0.2, 0.25) is 32.2 Å². The molecule has 0 aromatic heterocycles. The van der Waals surface area contributed by atoms with E-state index >= 15 is 0 Å². The first-order valence-electron chi connectivity index (χ1n) is 8.33. The van der Waals surface area contributed by atoms with E-state index in [1.807, 2.05) is 13.5 Å². The third-order valence-corrected chi connectivity index (χ3v) is 8.50. The monoisotopic (exact) mass is 378 g/mol. The maximum Gasteiger partial charge on any atom is 0.333 e. The van der Waals surface area contributed by atoms with Crippen LogP contribution in [-0.4, -0.2) is 60.7 Å². The lowest BCUT2D eigenvalue weighted by atomic mass is 10.2. The Morgan fingerprint density at radius 3 is 2.17 bits per heavy atom. The van der Waals surface area contributed by atoms with Crippen LogP contribution in [0.3, 0.4) is 0 Å². The van der Waals surface area contributed by atoms with Gasteiger partial charge in [-0.1, -0.05) is 13.5 Å². The maximum absolute atomic E-state index is 11.1. The molecule has 8 heteroatoms. The highest BCUT2D eigenvalue weighted by atomic mass is 28.4. The Balaban J connectivity index is 3.67. The summed E-state index contributed by atoms with van der Waals surface area (Å²) in [7, 11) is -4.34. The van der Waals surface area contributed by atoms with E-state index in [2.05, 4.69) is 26.2 Å². The van der Waals surface area contributed by atoms with Crippen LogP contribution in [0.15, 0.2) is 12.2 Å². The fourth-order valence-corrected chi connectivity index (χ4v) is 9.25. The van der Waals surface area contributed by atoms with Crippen molar-refractivity contribution in [1.29, 1.82) is 0 Å². The summed E-state index contributed by atoms with van der Waals surface area (Å²) in [5.41, 5.74) is 0.380. The number of rotatable bonds is 13. The van der Waals surface area contributed by atoms with Crippen molar-refractivity contribution in [3.8, 4) is 0 Å². The van der Waals surface area contributed by atoms with Gasteiger partial charge in [-0.25, -0.2) is 4.79 Å². The number of carbonyl (C=O) groups excluding carboxylic acids is 1. The van der Waals surface area contributed by atoms with Crippen molar-refractivity contribution in [3.63, 3.8) is 0 Å². The molecule has 0 spiro atoms. The van der Waals surface area contributed by atoms with Crippen LogP contribution in [0.5, 0.6) is 0 Å². The van der Waals surface area contributed by atoms with Gasteiger partial charge in [0, 0.05) is 12.2 Å². The Morgan fingerprint density at radius 1 is 1.08 bits per heavy atom. The number of esters is 1. The average molecular weight is 379 g/mol. The summed E-state index contributed by atoms with van der Waals surface area (Å²) in [6.07, 6.45) is 0. The largest absolute Gasteiger partial charge is 0.460 e. The molecule has 0 radical (unpaired) electrons. The zero-order chi connectivity index (χ0) is 18.8. The lowest BCUT2D eigenvalue weighted by Gasteiger charge is -2.31. The number of hydrogen-bond donors (Lipinski definition) is 1. The highest BCUT2D eigenvalue weighted by Crippen LogP contribution is 2.20. The number of hydrogen-bond acceptors (Lipinski definition) is 6. The first-order valence-corrected chi connectivity index (χ1v) is 14.3. The van der Waals surface area contributed by atoms with E-state index < -0.39 is 22.8 Å². The predicted molar refractivity (Wildman–Crippen MR) is 99.6 cm³/mol. The maximum atomic E-state index is 11.1. The molecule has 0 aromatic carbocycles. The molecule has 2 unspecified atom stereocenters. The van der Waals surface area contributed by atoms with Gasteiger partial charge < -0.3 is 23.1 Å². The fourth-order valence-electron chi connectivity index (χ4n) is 2.23. The lowest BCUT2D eigenvalue weighted by Crippen LogP contribution is -2.46. The Bertz CT molecular complexity index is 393. The minimum absolute atomic E-state index is 0.213. The SMILES string of the molecule is C=C(C)C(=O)OCCOCCOCC(C)C[Si](C)(O)O[Si](C)(C)C. The Hall–Kier alpha value is -0.516. The van der Waals surface area contributed by atoms with Crippen LogP contribution in [0.4, 0.5) is 0 Å². The molecule has 0 aliphatic rings. The predicted octanol–water partition coefficient (Wildman–Crippen LogP) is 2.69. The van der Waals surface area contributed by atoms with Crippen molar-refractivity contribution in [2.75, 3.05) is 33.0 Å². The van der Waals surface area contributed by atoms with Crippen LogP contribution < -0.4 is 0 Å². The van der Waals surface area contributed by atoms with Crippen molar-refractivity contribution in [2.24, 2.45) is 5.92 Å². The molecule has 142 valence electrons. The summed E-state index contributed by atoms with van der Waals surface area (Å²) >= 11 is 0. The average Bonchev–Trinajstić information content (AvgIpc) is 2.37. The summed E-state index contributed by atoms with van der Waals surface area (Å²) in [4.78, 5) is 21.6. The van der Waals surface area contributed by atoms with E-state index in [4.69, 9.17) is 18.3 Å². The van der Waals surface area contributed by atoms with Gasteiger partial charge >= 0.3 is 14.5 Å². The molecule has 0 fully saturated rings. The molecule has 0 saturated heterocycles. The summed E-state index contributed by atoms with van der Waals surface area (Å²) in [6.45, 7) is 17.3. The van der Waals surface area contributed by atoms with Crippen molar-refractivity contribution >= 4 is 22.8 Å². The van der Waals surface area contributed by atoms with E-state index in [9.17, 15) is 9.59 Å². The van der Waals surface area contributed by atoms with Crippen molar-refractivity contribution in [1.82, 2.24) is 0 Å². The van der Waals surface area contributed by atoms with Gasteiger partial charge in [0.2, 0.25) is 0 Å². The molecule has 0 rings (SSSR count). The van der Waals surface area contributed by atoms with Crippen LogP contribution in [-0.2, 0) is 23.1 Å². The lowest BCUT2D eigenvalue weighted by molar-refractivity contribution is -0.140. The Morgan fingerprint density at radius 2 is 1.62 bits per heavy atom. The van der Waals surface area contributed by atoms with Crippen molar-refractivity contribution in [2.45, 2.75) is 46.1 Å². The highest BCUT2D eigenvalue weighted by molar-refractivity contribution is 6.81. The van der Waals surface area contributed by atoms with Crippen LogP contribution in [0.1, 0.15) is 13.8 Å². The van der Waals surface area contributed by atoms with Crippen molar-refractivity contribution in [3.05, 3.63) is 12.2 Å². The summed E-state index contributed by atoms with van der Waals surface area (Å²) in [5, 5.41) is 0. The van der Waals surface area contributed by atoms with Gasteiger partial charge in [-0.15, -0.1) is 0 Å². The molecule has 0 saturated carbocycles. The highest BCUT2D eigenvalue weighted by Gasteiger charge is 2.34. The molecular weight excluding hydrogens is 344 g/mol. The second-order valence-electron chi connectivity index (χ2n) is 7.30. The first-order chi connectivity index (χ1) is 10.9. The normalized spacial score (nSPS) is 15.6. The van der Waals surface area contributed by atoms with Gasteiger partial charge in [-0.3, -0.25) is 0 Å². The molecule has 0 aromatic rings. The Labute approximate surface area is 148 Å². The zero-order valence-electron chi connectivity index (χ0n) is 16.0. The van der Waals surface area contributed by atoms with Crippen LogP contribution in [0, 0.1) is 5.92 Å². The minimum atomic E-state index is -2.61. The Kier molecular flexibility index (Phi) is 10.9. The van der Waals surface area contributed by atoms with Gasteiger partial charge in [0.25, 0.3) is 0 Å². The van der Waals surface area contributed by atoms with E-state index in [1.54, 1.807) is 6.92 Å². The second-order valence-corrected chi connectivity index (χ2v) is 15.1. The van der Waals surface area contributed by atoms with Gasteiger partial charge in [0.15, 0.2) is 8.32 Å². The third kappa shape index (κ3) is 13.9. The summed E-state index contributed by atoms with van der Waals surface area (Å²) in [5.74, 6) is -0.167. The van der Waals surface area contributed by atoms with E-state index in [1.165, 1.54) is 0 Å². The second kappa shape index (κ2) is 11.2. The molecule has 0 heterocycles. The fraction of sp³-hybridized carbons (Fsp3) is 0.812. The van der Waals surface area contributed by atoms with E-state index in [0.29, 0.717) is 38.0 Å². The van der Waals surface area contributed by atoms with E-state index in [-0.39, 0.29) is 12.5 Å². The van der Waals surface area contributed by atoms with Crippen LogP contribution >= 0.6 is 0 Å². The van der Waals surface area contributed by atoms with Gasteiger partial charge in [0.1, 0.15) is 6.61 Å². The summed E-state index contributed by atoms with van der Waals surface area (Å²) in [6, 6.07) is 0.662. The quantitative estimate of drug-likeness (QED) is 0.230. The topological polar surface area (TPSA) is 74.2 Å². The molecule has 0 aliphatic carbocycles. The molecule has 2 atom stereocenters. The number of ether oxygens (including phenoxy) is 3. The van der Waals surface area contributed by atoms with Gasteiger partial charge in [-0.2, -0.15) is 0 Å². The van der Waals surface area contributed by atoms with Gasteiger partial charge in [0.05, 0.1) is 19.8 Å². The van der Waals surface area contributed by atoms with Gasteiger partial charge in [-0.05, 0) is 45.1 Å². The zero-order valence-corrected chi connectivity index (χ0v) is 18.0. The third-order valence-electron chi connectivity index (χ3n) is 2.84. The number of carbonyl (C=O) groups is 1. The molecule has 0 aliphatic heterocycles. The smallest absolute Gasteiger partial charge is 0.333 e. The van der Waals surface area contributed by atoms with E-state index in [0.717, 1.165) is 0 Å². The van der Waals surface area contributed by atoms with Crippen molar-refractivity contribution < 1.29 is 27.9 Å². The minimum Gasteiger partial charge on any atom is -0.460 e.